The summed E-state index contributed by atoms with van der Waals surface area (Å²) in [6.45, 7) is 0. The highest BCUT2D eigenvalue weighted by atomic mass is 35.5. The first kappa shape index (κ1) is 9.47. The summed E-state index contributed by atoms with van der Waals surface area (Å²) in [4.78, 5) is 1.81. The molecular formula is C5H4ClF2NO2S. The van der Waals surface area contributed by atoms with Crippen molar-refractivity contribution in [3.8, 4) is 0 Å². The molecule has 0 amide bonds. The fourth-order valence-electron chi connectivity index (χ4n) is 0.609. The van der Waals surface area contributed by atoms with E-state index in [1.165, 1.54) is 6.20 Å². The van der Waals surface area contributed by atoms with Gasteiger partial charge in [-0.25, -0.2) is 8.42 Å². The van der Waals surface area contributed by atoms with Crippen LogP contribution >= 0.6 is 11.6 Å². The third-order valence-corrected chi connectivity index (χ3v) is 3.28. The molecule has 0 saturated carbocycles. The van der Waals surface area contributed by atoms with Crippen molar-refractivity contribution in [2.75, 3.05) is 0 Å². The van der Waals surface area contributed by atoms with E-state index < -0.39 is 19.4 Å². The molecule has 0 bridgehead atoms. The third kappa shape index (κ3) is 1.44. The number of aromatic amines is 1. The predicted molar refractivity (Wildman–Crippen MR) is 38.8 cm³/mol. The maximum Gasteiger partial charge on any atom is 0.427 e. The minimum atomic E-state index is -4.73. The van der Waals surface area contributed by atoms with E-state index in [4.69, 9.17) is 0 Å². The Morgan fingerprint density at radius 3 is 2.42 bits per heavy atom. The summed E-state index contributed by atoms with van der Waals surface area (Å²) in [5.74, 6) is 0. The van der Waals surface area contributed by atoms with Gasteiger partial charge >= 0.3 is 4.71 Å². The van der Waals surface area contributed by atoms with Crippen LogP contribution in [0.3, 0.4) is 0 Å². The molecule has 0 spiro atoms. The zero-order valence-electron chi connectivity index (χ0n) is 5.59. The van der Waals surface area contributed by atoms with E-state index in [-0.39, 0.29) is 0 Å². The Labute approximate surface area is 72.3 Å². The van der Waals surface area contributed by atoms with Gasteiger partial charge in [0.05, 0.1) is 4.90 Å². The van der Waals surface area contributed by atoms with Gasteiger partial charge in [-0.05, 0) is 17.7 Å². The second-order valence-electron chi connectivity index (χ2n) is 2.00. The second kappa shape index (κ2) is 2.70. The highest BCUT2D eigenvalue weighted by Gasteiger charge is 2.44. The molecule has 0 atom stereocenters. The van der Waals surface area contributed by atoms with Crippen molar-refractivity contribution in [3.05, 3.63) is 18.5 Å². The van der Waals surface area contributed by atoms with Crippen LogP contribution < -0.4 is 0 Å². The van der Waals surface area contributed by atoms with Crippen molar-refractivity contribution < 1.29 is 17.2 Å². The number of sulfone groups is 1. The number of hydrogen-bond acceptors (Lipinski definition) is 2. The first-order chi connectivity index (χ1) is 5.36. The molecule has 3 nitrogen and oxygen atoms in total. The van der Waals surface area contributed by atoms with Gasteiger partial charge in [0.15, 0.2) is 0 Å². The van der Waals surface area contributed by atoms with Gasteiger partial charge in [0.25, 0.3) is 9.84 Å². The number of hydrogen-bond donors (Lipinski definition) is 1. The number of nitrogens with one attached hydrogen (secondary N) is 1. The van der Waals surface area contributed by atoms with Gasteiger partial charge in [0.1, 0.15) is 0 Å². The van der Waals surface area contributed by atoms with Crippen LogP contribution in [-0.4, -0.2) is 18.1 Å². The molecule has 68 valence electrons. The summed E-state index contributed by atoms with van der Waals surface area (Å²) in [6, 6.07) is 1.01. The van der Waals surface area contributed by atoms with Crippen LogP contribution in [0.1, 0.15) is 0 Å². The van der Waals surface area contributed by atoms with Crippen molar-refractivity contribution in [2.24, 2.45) is 0 Å². The van der Waals surface area contributed by atoms with E-state index in [0.717, 1.165) is 12.3 Å². The number of alkyl halides is 3. The van der Waals surface area contributed by atoms with Crippen molar-refractivity contribution in [3.63, 3.8) is 0 Å². The highest BCUT2D eigenvalue weighted by molar-refractivity contribution is 7.93. The second-order valence-corrected chi connectivity index (χ2v) is 4.69. The van der Waals surface area contributed by atoms with Gasteiger partial charge in [-0.15, -0.1) is 0 Å². The molecular weight excluding hydrogens is 212 g/mol. The Morgan fingerprint density at radius 2 is 2.08 bits per heavy atom. The minimum absolute atomic E-state index is 0.525. The van der Waals surface area contributed by atoms with Crippen molar-refractivity contribution >= 4 is 21.4 Å². The summed E-state index contributed by atoms with van der Waals surface area (Å²) in [5, 5.41) is 0. The lowest BCUT2D eigenvalue weighted by Crippen LogP contribution is -2.21. The van der Waals surface area contributed by atoms with E-state index in [9.17, 15) is 17.2 Å². The maximum atomic E-state index is 12.2. The standard InChI is InChI=1S/C5H4ClF2NO2S/c6-5(7,8)12(10,11)4-1-2-9-3-4/h1-3,9H. The van der Waals surface area contributed by atoms with Crippen LogP contribution in [0, 0.1) is 0 Å². The fourth-order valence-corrected chi connectivity index (χ4v) is 1.61. The lowest BCUT2D eigenvalue weighted by atomic mass is 10.7. The molecule has 1 aromatic heterocycles. The quantitative estimate of drug-likeness (QED) is 0.762. The molecule has 0 unspecified atom stereocenters. The molecule has 12 heavy (non-hydrogen) atoms. The van der Waals surface area contributed by atoms with Crippen LogP contribution in [0.2, 0.25) is 0 Å². The Morgan fingerprint density at radius 1 is 1.50 bits per heavy atom. The van der Waals surface area contributed by atoms with Crippen molar-refractivity contribution in [1.82, 2.24) is 4.98 Å². The summed E-state index contributed by atoms with van der Waals surface area (Å²) >= 11 is 4.38. The number of rotatable bonds is 2. The Kier molecular flexibility index (Phi) is 2.13. The smallest absolute Gasteiger partial charge is 0.366 e. The summed E-state index contributed by atoms with van der Waals surface area (Å²) in [5.41, 5.74) is 0. The molecule has 7 heteroatoms. The highest BCUT2D eigenvalue weighted by Crippen LogP contribution is 2.32. The first-order valence-electron chi connectivity index (χ1n) is 2.80. The average molecular weight is 216 g/mol. The minimum Gasteiger partial charge on any atom is -0.366 e. The molecule has 1 N–H and O–H groups in total. The molecule has 0 aliphatic carbocycles. The van der Waals surface area contributed by atoms with E-state index in [1.807, 2.05) is 0 Å². The molecule has 1 rings (SSSR count). The lowest BCUT2D eigenvalue weighted by molar-refractivity contribution is 0.187. The van der Waals surface area contributed by atoms with Gasteiger partial charge < -0.3 is 4.98 Å². The molecule has 1 heterocycles. The van der Waals surface area contributed by atoms with E-state index >= 15 is 0 Å². The van der Waals surface area contributed by atoms with Crippen LogP contribution in [-0.2, 0) is 9.84 Å². The number of H-pyrrole nitrogens is 1. The van der Waals surface area contributed by atoms with Crippen LogP contribution in [0.5, 0.6) is 0 Å². The van der Waals surface area contributed by atoms with Crippen molar-refractivity contribution in [2.45, 2.75) is 9.61 Å². The van der Waals surface area contributed by atoms with Crippen LogP contribution in [0.15, 0.2) is 23.4 Å². The van der Waals surface area contributed by atoms with E-state index in [0.29, 0.717) is 0 Å². The molecule has 0 aliphatic heterocycles. The molecule has 0 aromatic carbocycles. The maximum absolute atomic E-state index is 12.2. The SMILES string of the molecule is O=S(=O)(c1cc[nH]c1)C(F)(F)Cl. The molecule has 0 fully saturated rings. The third-order valence-electron chi connectivity index (χ3n) is 1.18. The summed E-state index contributed by atoms with van der Waals surface area (Å²) in [7, 11) is -4.73. The fraction of sp³-hybridized carbons (Fsp3) is 0.200. The Bertz CT molecular complexity index is 353. The van der Waals surface area contributed by atoms with Crippen molar-refractivity contribution in [1.29, 1.82) is 0 Å². The van der Waals surface area contributed by atoms with Gasteiger partial charge in [-0.1, -0.05) is 0 Å². The normalized spacial score (nSPS) is 13.2. The predicted octanol–water partition coefficient (Wildman–Crippen LogP) is 1.58. The Balaban J connectivity index is 3.22. The molecule has 1 aromatic rings. The van der Waals surface area contributed by atoms with Gasteiger partial charge in [0, 0.05) is 12.4 Å². The molecule has 0 radical (unpaired) electrons. The first-order valence-corrected chi connectivity index (χ1v) is 4.66. The molecule has 0 saturated heterocycles. The lowest BCUT2D eigenvalue weighted by Gasteiger charge is -2.06. The molecule has 0 aliphatic rings. The van der Waals surface area contributed by atoms with Crippen LogP contribution in [0.4, 0.5) is 8.78 Å². The number of aromatic nitrogens is 1. The topological polar surface area (TPSA) is 49.9 Å². The number of halogens is 3. The van der Waals surface area contributed by atoms with E-state index in [1.54, 1.807) is 0 Å². The van der Waals surface area contributed by atoms with Gasteiger partial charge in [-0.2, -0.15) is 8.78 Å². The average Bonchev–Trinajstić information content (AvgIpc) is 2.34. The van der Waals surface area contributed by atoms with Gasteiger partial charge in [0.2, 0.25) is 0 Å². The zero-order chi connectivity index (χ0) is 9.41. The zero-order valence-corrected chi connectivity index (χ0v) is 7.16. The monoisotopic (exact) mass is 215 g/mol. The summed E-state index contributed by atoms with van der Waals surface area (Å²) in [6.07, 6.45) is 2.15. The largest absolute Gasteiger partial charge is 0.427 e. The van der Waals surface area contributed by atoms with Gasteiger partial charge in [-0.3, -0.25) is 0 Å². The van der Waals surface area contributed by atoms with Crippen LogP contribution in [0.25, 0.3) is 0 Å². The van der Waals surface area contributed by atoms with E-state index in [2.05, 4.69) is 16.6 Å². The summed E-state index contributed by atoms with van der Waals surface area (Å²) < 4.78 is 41.8. The Hall–Kier alpha value is -0.620.